The largest absolute Gasteiger partial charge is 0.309 e. The van der Waals surface area contributed by atoms with Gasteiger partial charge in [0.2, 0.25) is 0 Å². The summed E-state index contributed by atoms with van der Waals surface area (Å²) in [4.78, 5) is 2.53. The van der Waals surface area contributed by atoms with Crippen LogP contribution in [-0.4, -0.2) is 0 Å². The number of benzene rings is 10. The molecule has 0 aromatic heterocycles. The molecule has 0 saturated heterocycles. The van der Waals surface area contributed by atoms with E-state index in [1.165, 1.54) is 66.4 Å². The SMILES string of the molecule is CC1(c2ccccc2)c2ccccc2-c2c(N(c3ccccc3-c3ccc(-c4ccc5ccccc5c4)cc3)c3ccccc3-c3cccc(-c4ccccc4)c3)cccc21. The Morgan fingerprint density at radius 3 is 1.52 bits per heavy atom. The van der Waals surface area contributed by atoms with Crippen LogP contribution in [0.5, 0.6) is 0 Å². The van der Waals surface area contributed by atoms with Crippen LogP contribution in [0.2, 0.25) is 0 Å². The Bertz CT molecular complexity index is 3200. The van der Waals surface area contributed by atoms with Gasteiger partial charge < -0.3 is 4.90 Å². The van der Waals surface area contributed by atoms with Crippen LogP contribution in [0.3, 0.4) is 0 Å². The van der Waals surface area contributed by atoms with Crippen molar-refractivity contribution in [3.63, 3.8) is 0 Å². The van der Waals surface area contributed by atoms with Crippen LogP contribution < -0.4 is 4.90 Å². The van der Waals surface area contributed by atoms with Crippen LogP contribution in [0.1, 0.15) is 23.6 Å². The van der Waals surface area contributed by atoms with Crippen molar-refractivity contribution in [1.29, 1.82) is 0 Å². The van der Waals surface area contributed by atoms with Crippen LogP contribution in [0, 0.1) is 0 Å². The zero-order valence-electron chi connectivity index (χ0n) is 34.0. The summed E-state index contributed by atoms with van der Waals surface area (Å²) in [7, 11) is 0. The lowest BCUT2D eigenvalue weighted by Crippen LogP contribution is -2.22. The summed E-state index contributed by atoms with van der Waals surface area (Å²) in [5, 5.41) is 2.50. The molecule has 1 heteroatoms. The van der Waals surface area contributed by atoms with Crippen molar-refractivity contribution in [3.8, 4) is 55.6 Å². The summed E-state index contributed by atoms with van der Waals surface area (Å²) in [5.74, 6) is 0. The first-order valence-electron chi connectivity index (χ1n) is 21.2. The molecule has 10 aromatic rings. The molecule has 61 heavy (non-hydrogen) atoms. The number of para-hydroxylation sites is 2. The second-order valence-corrected chi connectivity index (χ2v) is 16.2. The zero-order valence-corrected chi connectivity index (χ0v) is 34.0. The Morgan fingerprint density at radius 2 is 0.770 bits per heavy atom. The van der Waals surface area contributed by atoms with Gasteiger partial charge in [-0.15, -0.1) is 0 Å². The highest BCUT2D eigenvalue weighted by molar-refractivity contribution is 6.01. The number of nitrogens with zero attached hydrogens (tertiary/aromatic N) is 1. The highest BCUT2D eigenvalue weighted by atomic mass is 15.2. The fourth-order valence-corrected chi connectivity index (χ4v) is 9.71. The number of anilines is 3. The molecule has 0 amide bonds. The smallest absolute Gasteiger partial charge is 0.0543 e. The highest BCUT2D eigenvalue weighted by Gasteiger charge is 2.42. The Kier molecular flexibility index (Phi) is 9.02. The molecular weight excluding hydrogens is 735 g/mol. The van der Waals surface area contributed by atoms with Gasteiger partial charge in [-0.05, 0) is 104 Å². The van der Waals surface area contributed by atoms with Crippen LogP contribution in [0.4, 0.5) is 17.1 Å². The van der Waals surface area contributed by atoms with Crippen molar-refractivity contribution < 1.29 is 0 Å². The van der Waals surface area contributed by atoms with Gasteiger partial charge in [0, 0.05) is 22.1 Å². The van der Waals surface area contributed by atoms with Gasteiger partial charge in [0.1, 0.15) is 0 Å². The van der Waals surface area contributed by atoms with Crippen molar-refractivity contribution >= 4 is 27.8 Å². The molecule has 0 heterocycles. The first-order valence-corrected chi connectivity index (χ1v) is 21.2. The molecule has 0 bridgehead atoms. The van der Waals surface area contributed by atoms with Crippen LogP contribution in [0.15, 0.2) is 243 Å². The number of rotatable bonds is 8. The van der Waals surface area contributed by atoms with E-state index in [2.05, 4.69) is 254 Å². The molecule has 0 radical (unpaired) electrons. The third kappa shape index (κ3) is 6.26. The lowest BCUT2D eigenvalue weighted by atomic mass is 9.74. The van der Waals surface area contributed by atoms with Crippen LogP contribution in [0.25, 0.3) is 66.4 Å². The minimum Gasteiger partial charge on any atom is -0.309 e. The Balaban J connectivity index is 1.13. The van der Waals surface area contributed by atoms with Gasteiger partial charge in [0.25, 0.3) is 0 Å². The first kappa shape index (κ1) is 36.3. The standard InChI is InChI=1S/C60H43N/c1-60(50-24-6-3-7-25-50)54-29-13-10-28-53(54)59-55(60)30-17-33-58(59)61(57-32-15-12-27-52(57)49-23-16-22-47(41-49)42-18-4-2-5-19-42)56-31-14-11-26-51(56)45-37-34-44(35-38-45)48-39-36-43-20-8-9-21-46(43)40-48/h2-41H,1H3. The third-order valence-corrected chi connectivity index (χ3v) is 12.8. The van der Waals surface area contributed by atoms with E-state index >= 15 is 0 Å². The van der Waals surface area contributed by atoms with Gasteiger partial charge in [-0.2, -0.15) is 0 Å². The van der Waals surface area contributed by atoms with Crippen LogP contribution >= 0.6 is 0 Å². The first-order chi connectivity index (χ1) is 30.1. The fraction of sp³-hybridized carbons (Fsp3) is 0.0333. The van der Waals surface area contributed by atoms with Crippen molar-refractivity contribution in [2.24, 2.45) is 0 Å². The van der Waals surface area contributed by atoms with Crippen molar-refractivity contribution in [2.75, 3.05) is 4.90 Å². The van der Waals surface area contributed by atoms with E-state index in [1.807, 2.05) is 0 Å². The maximum Gasteiger partial charge on any atom is 0.0543 e. The quantitative estimate of drug-likeness (QED) is 0.149. The van der Waals surface area contributed by atoms with E-state index < -0.39 is 0 Å². The molecule has 1 aliphatic rings. The second kappa shape index (κ2) is 15.1. The van der Waals surface area contributed by atoms with Gasteiger partial charge in [-0.25, -0.2) is 0 Å². The van der Waals surface area contributed by atoms with Crippen LogP contribution in [-0.2, 0) is 5.41 Å². The van der Waals surface area contributed by atoms with E-state index in [0.29, 0.717) is 0 Å². The molecule has 1 atom stereocenters. The number of hydrogen-bond donors (Lipinski definition) is 0. The van der Waals surface area contributed by atoms with E-state index in [1.54, 1.807) is 0 Å². The van der Waals surface area contributed by atoms with Gasteiger partial charge in [-0.1, -0.05) is 212 Å². The van der Waals surface area contributed by atoms with Crippen molar-refractivity contribution in [2.45, 2.75) is 12.3 Å². The summed E-state index contributed by atoms with van der Waals surface area (Å²) in [6.07, 6.45) is 0. The maximum absolute atomic E-state index is 2.53. The molecule has 11 rings (SSSR count). The van der Waals surface area contributed by atoms with Crippen molar-refractivity contribution in [1.82, 2.24) is 0 Å². The molecule has 1 unspecified atom stereocenters. The molecule has 0 fully saturated rings. The van der Waals surface area contributed by atoms with E-state index in [4.69, 9.17) is 0 Å². The second-order valence-electron chi connectivity index (χ2n) is 16.2. The lowest BCUT2D eigenvalue weighted by Gasteiger charge is -2.32. The zero-order chi connectivity index (χ0) is 40.8. The predicted molar refractivity (Wildman–Crippen MR) is 258 cm³/mol. The number of fused-ring (bicyclic) bond motifs is 4. The van der Waals surface area contributed by atoms with Gasteiger partial charge in [0.05, 0.1) is 17.1 Å². The average molecular weight is 778 g/mol. The molecule has 1 aliphatic carbocycles. The van der Waals surface area contributed by atoms with Gasteiger partial charge in [-0.3, -0.25) is 0 Å². The van der Waals surface area contributed by atoms with Gasteiger partial charge in [0.15, 0.2) is 0 Å². The summed E-state index contributed by atoms with van der Waals surface area (Å²) < 4.78 is 0. The van der Waals surface area contributed by atoms with Crippen molar-refractivity contribution in [3.05, 3.63) is 259 Å². The lowest BCUT2D eigenvalue weighted by molar-refractivity contribution is 0.714. The average Bonchev–Trinajstić information content (AvgIpc) is 3.61. The van der Waals surface area contributed by atoms with Gasteiger partial charge >= 0.3 is 0 Å². The normalized spacial score (nSPS) is 14.0. The number of hydrogen-bond acceptors (Lipinski definition) is 1. The Hall–Kier alpha value is -7.74. The Morgan fingerprint density at radius 1 is 0.295 bits per heavy atom. The molecule has 10 aromatic carbocycles. The molecule has 0 aliphatic heterocycles. The topological polar surface area (TPSA) is 3.24 Å². The minimum atomic E-state index is -0.337. The molecule has 1 nitrogen and oxygen atoms in total. The monoisotopic (exact) mass is 777 g/mol. The molecule has 288 valence electrons. The van der Waals surface area contributed by atoms with E-state index in [9.17, 15) is 0 Å². The molecule has 0 spiro atoms. The molecular formula is C60H43N. The Labute approximate surface area is 358 Å². The summed E-state index contributed by atoms with van der Waals surface area (Å²) in [6.45, 7) is 2.40. The maximum atomic E-state index is 2.53. The summed E-state index contributed by atoms with van der Waals surface area (Å²) in [5.41, 5.74) is 19.0. The summed E-state index contributed by atoms with van der Waals surface area (Å²) in [6, 6.07) is 88.9. The fourth-order valence-electron chi connectivity index (χ4n) is 9.71. The predicted octanol–water partition coefficient (Wildman–Crippen LogP) is 16.3. The highest BCUT2D eigenvalue weighted by Crippen LogP contribution is 2.57. The summed E-state index contributed by atoms with van der Waals surface area (Å²) >= 11 is 0. The molecule has 0 N–H and O–H groups in total. The third-order valence-electron chi connectivity index (χ3n) is 12.8. The van der Waals surface area contributed by atoms with E-state index in [-0.39, 0.29) is 5.41 Å². The molecule has 0 saturated carbocycles. The minimum absolute atomic E-state index is 0.337. The van der Waals surface area contributed by atoms with E-state index in [0.717, 1.165) is 33.8 Å².